The van der Waals surface area contributed by atoms with Crippen LogP contribution in [0.2, 0.25) is 0 Å². The fourth-order valence-electron chi connectivity index (χ4n) is 8.06. The number of piperazine rings is 1. The number of hydrazone groups is 1. The Kier molecular flexibility index (Phi) is 13.8. The number of phenols is 3. The number of fused-ring (bicyclic) bond motifs is 14. The van der Waals surface area contributed by atoms with Crippen LogP contribution in [0, 0.1) is 35.8 Å². The largest absolute Gasteiger partial charge is 0.596 e. The molecule has 60 heavy (non-hydrogen) atoms. The van der Waals surface area contributed by atoms with Crippen molar-refractivity contribution in [3.8, 4) is 23.0 Å². The Bertz CT molecular complexity index is 2120. The van der Waals surface area contributed by atoms with Gasteiger partial charge in [-0.25, -0.2) is 0 Å². The number of ether oxygens (including phenoxy) is 4. The minimum atomic E-state index is -2.10. The van der Waals surface area contributed by atoms with Gasteiger partial charge >= 0.3 is 11.8 Å². The third kappa shape index (κ3) is 8.75. The molecule has 4 heterocycles. The standard InChI is InChI=1S/C43H58N4O13/c1-21-12-11-13-22(2)42(55)44-33-28(20-47(56)46-17-15-45(9)16-18-46)37(52)30-31(38(33)53)36(51)26(6)40-32(30)41(54)43(8,60-40)58-19-14-29(57-10)23(3)39(59-27(7)48)25(5)35(50)24(4)34(21)49/h11-14,19-21,23-25,29,34-35,39,49-53H,15-18H2,1-10H3,(H,44,55)/t21-,23+,24+,25+,29-,34-,35+,39+,43-/m0/s1. The topological polar surface area (TPSA) is 234 Å². The number of benzene rings is 2. The predicted molar refractivity (Wildman–Crippen MR) is 222 cm³/mol. The Morgan fingerprint density at radius 3 is 2.23 bits per heavy atom. The molecule has 9 atom stereocenters. The van der Waals surface area contributed by atoms with Crippen LogP contribution >= 0.6 is 0 Å². The number of anilines is 1. The zero-order chi connectivity index (χ0) is 44.5. The Balaban J connectivity index is 1.73. The van der Waals surface area contributed by atoms with E-state index in [-0.39, 0.29) is 38.8 Å². The van der Waals surface area contributed by atoms with Crippen molar-refractivity contribution in [2.45, 2.75) is 85.6 Å². The summed E-state index contributed by atoms with van der Waals surface area (Å²) in [6.07, 6.45) is 4.29. The van der Waals surface area contributed by atoms with Crippen molar-refractivity contribution in [3.63, 3.8) is 0 Å². The van der Waals surface area contributed by atoms with Crippen molar-refractivity contribution < 1.29 is 63.7 Å². The quantitative estimate of drug-likeness (QED) is 0.0488. The number of ketones is 1. The minimum Gasteiger partial charge on any atom is -0.596 e. The maximum Gasteiger partial charge on any atom is 0.312 e. The number of aromatic hydroxyl groups is 3. The zero-order valence-electron chi connectivity index (χ0n) is 35.8. The first-order chi connectivity index (χ1) is 28.1. The first-order valence-electron chi connectivity index (χ1n) is 20.0. The number of nitrogens with zero attached hydrogens (tertiary/aromatic N) is 3. The number of esters is 1. The molecule has 6 N–H and O–H groups in total. The second-order valence-corrected chi connectivity index (χ2v) is 16.3. The van der Waals surface area contributed by atoms with E-state index in [0.717, 1.165) is 6.21 Å². The van der Waals surface area contributed by atoms with E-state index in [9.17, 15) is 45.1 Å². The number of amides is 1. The average Bonchev–Trinajstić information content (AvgIpc) is 3.47. The lowest BCUT2D eigenvalue weighted by Gasteiger charge is -2.38. The monoisotopic (exact) mass is 838 g/mol. The van der Waals surface area contributed by atoms with Crippen LogP contribution in [0.15, 0.2) is 36.1 Å². The fourth-order valence-corrected chi connectivity index (χ4v) is 8.06. The van der Waals surface area contributed by atoms with Gasteiger partial charge in [-0.2, -0.15) is 5.01 Å². The highest BCUT2D eigenvalue weighted by molar-refractivity contribution is 6.23. The van der Waals surface area contributed by atoms with E-state index in [1.807, 2.05) is 11.9 Å². The Labute approximate surface area is 349 Å². The molecule has 17 nitrogen and oxygen atoms in total. The van der Waals surface area contributed by atoms with E-state index in [2.05, 4.69) is 5.32 Å². The summed E-state index contributed by atoms with van der Waals surface area (Å²) in [5, 5.41) is 75.4. The highest BCUT2D eigenvalue weighted by Gasteiger charge is 2.50. The van der Waals surface area contributed by atoms with Gasteiger partial charge in [-0.1, -0.05) is 50.8 Å². The molecule has 0 spiro atoms. The normalized spacial score (nSPS) is 30.0. The maximum absolute atomic E-state index is 14.4. The number of aliphatic hydroxyl groups excluding tert-OH is 2. The number of rotatable bonds is 4. The number of carbonyl (C=O) groups excluding carboxylic acids is 3. The van der Waals surface area contributed by atoms with Crippen LogP contribution in [0.3, 0.4) is 0 Å². The Morgan fingerprint density at radius 2 is 1.62 bits per heavy atom. The molecule has 4 aliphatic rings. The van der Waals surface area contributed by atoms with Gasteiger partial charge in [-0.15, -0.1) is 0 Å². The molecule has 0 aliphatic carbocycles. The van der Waals surface area contributed by atoms with Crippen molar-refractivity contribution in [3.05, 3.63) is 58.0 Å². The second kappa shape index (κ2) is 18.1. The average molecular weight is 839 g/mol. The minimum absolute atomic E-state index is 0.00572. The van der Waals surface area contributed by atoms with Crippen LogP contribution < -0.4 is 10.1 Å². The van der Waals surface area contributed by atoms with Gasteiger partial charge in [0.25, 0.3) is 11.7 Å². The number of carbonyl (C=O) groups is 3. The molecular weight excluding hydrogens is 780 g/mol. The SMILES string of the molecule is CO[C@H]1C=CO[C@@]2(C)Oc3c(C)c(O)c4c(O)c(c(C=[N+]([O-])N5CCN(C)CC5)c(O)c4c3C2=O)NC(=O)C(C)=CC=C[C@H](C)[C@H](O)[C@@H](C)[C@@H](O)[C@@H](C)[C@H](OC(C)=O)[C@@H]1C. The second-order valence-electron chi connectivity index (χ2n) is 16.3. The maximum atomic E-state index is 14.4. The number of aliphatic hydroxyl groups is 2. The molecule has 2 aromatic carbocycles. The summed E-state index contributed by atoms with van der Waals surface area (Å²) in [6.45, 7) is 14.1. The molecule has 0 radical (unpaired) electrons. The molecule has 328 valence electrons. The van der Waals surface area contributed by atoms with Gasteiger partial charge in [0.15, 0.2) is 5.75 Å². The Morgan fingerprint density at radius 1 is 0.967 bits per heavy atom. The molecule has 6 rings (SSSR count). The number of hydrogen-bond donors (Lipinski definition) is 6. The molecule has 0 aromatic heterocycles. The number of likely N-dealkylation sites (N-methyl/N-ethyl adjacent to an activating group) is 1. The number of methoxy groups -OCH3 is 1. The molecule has 1 amide bonds. The summed E-state index contributed by atoms with van der Waals surface area (Å²) < 4.78 is 23.5. The molecule has 4 aliphatic heterocycles. The zero-order valence-corrected chi connectivity index (χ0v) is 35.8. The van der Waals surface area contributed by atoms with Crippen LogP contribution in [0.1, 0.15) is 70.0 Å². The summed E-state index contributed by atoms with van der Waals surface area (Å²) in [5.41, 5.74) is -0.917. The summed E-state index contributed by atoms with van der Waals surface area (Å²) >= 11 is 0. The van der Waals surface area contributed by atoms with E-state index in [4.69, 9.17) is 18.9 Å². The summed E-state index contributed by atoms with van der Waals surface area (Å²) in [5.74, 6) is -9.04. The number of Topliss-reactive ketones (excluding diaryl/α,β-unsaturated/α-hetero) is 1. The molecule has 2 aromatic rings. The first-order valence-corrected chi connectivity index (χ1v) is 20.0. The number of hydrazine groups is 1. The van der Waals surface area contributed by atoms with Gasteiger partial charge < -0.3 is 59.9 Å². The number of allylic oxidation sites excluding steroid dienone is 2. The van der Waals surface area contributed by atoms with Gasteiger partial charge in [-0.05, 0) is 27.0 Å². The third-order valence-corrected chi connectivity index (χ3v) is 12.0. The van der Waals surface area contributed by atoms with Gasteiger partial charge in [0.2, 0.25) is 6.21 Å². The van der Waals surface area contributed by atoms with E-state index < -0.39 is 94.5 Å². The van der Waals surface area contributed by atoms with Crippen LogP contribution in [-0.2, 0) is 23.8 Å². The third-order valence-electron chi connectivity index (χ3n) is 12.0. The highest BCUT2D eigenvalue weighted by atomic mass is 16.7. The van der Waals surface area contributed by atoms with E-state index in [1.165, 1.54) is 58.2 Å². The molecular formula is C43H58N4O13. The predicted octanol–water partition coefficient (Wildman–Crippen LogP) is 3.85. The van der Waals surface area contributed by atoms with Crippen molar-refractivity contribution in [2.24, 2.45) is 23.7 Å². The summed E-state index contributed by atoms with van der Waals surface area (Å²) in [4.78, 5) is 43.1. The number of hydrogen-bond acceptors (Lipinski definition) is 15. The molecule has 1 fully saturated rings. The first kappa shape index (κ1) is 45.7. The summed E-state index contributed by atoms with van der Waals surface area (Å²) in [7, 11) is 3.33. The van der Waals surface area contributed by atoms with Crippen LogP contribution in [0.25, 0.3) is 10.8 Å². The Hall–Kier alpha value is -5.36. The summed E-state index contributed by atoms with van der Waals surface area (Å²) in [6, 6.07) is 0. The van der Waals surface area contributed by atoms with Crippen molar-refractivity contribution >= 4 is 40.3 Å². The van der Waals surface area contributed by atoms with Crippen molar-refractivity contribution in [2.75, 3.05) is 45.7 Å². The lowest BCUT2D eigenvalue weighted by molar-refractivity contribution is -0.636. The number of nitrogens with one attached hydrogen (secondary N) is 1. The van der Waals surface area contributed by atoms with Crippen LogP contribution in [0.5, 0.6) is 23.0 Å². The lowest BCUT2D eigenvalue weighted by atomic mass is 9.78. The van der Waals surface area contributed by atoms with E-state index in [0.29, 0.717) is 31.0 Å². The number of phenolic OH excluding ortho intramolecular Hbond substituents is 3. The highest BCUT2D eigenvalue weighted by Crippen LogP contribution is 2.55. The lowest BCUT2D eigenvalue weighted by Crippen LogP contribution is -2.47. The van der Waals surface area contributed by atoms with E-state index >= 15 is 0 Å². The molecule has 0 saturated carbocycles. The molecule has 0 unspecified atom stereocenters. The van der Waals surface area contributed by atoms with Crippen LogP contribution in [0.4, 0.5) is 5.69 Å². The fraction of sp³-hybridized carbons (Fsp3) is 0.535. The van der Waals surface area contributed by atoms with Crippen LogP contribution in [-0.4, -0.2) is 135 Å². The van der Waals surface area contributed by atoms with Crippen molar-refractivity contribution in [1.29, 1.82) is 0 Å². The van der Waals surface area contributed by atoms with Gasteiger partial charge in [0.05, 0.1) is 48.6 Å². The van der Waals surface area contributed by atoms with Gasteiger partial charge in [0.1, 0.15) is 34.6 Å². The smallest absolute Gasteiger partial charge is 0.312 e. The molecule has 17 heteroatoms. The molecule has 5 bridgehead atoms. The molecule has 1 saturated heterocycles. The van der Waals surface area contributed by atoms with Gasteiger partial charge in [0, 0.05) is 74.2 Å². The van der Waals surface area contributed by atoms with Gasteiger partial charge in [-0.3, -0.25) is 14.4 Å². The van der Waals surface area contributed by atoms with E-state index in [1.54, 1.807) is 39.8 Å². The van der Waals surface area contributed by atoms with Crippen molar-refractivity contribution in [1.82, 2.24) is 9.91 Å².